The molecule has 2 unspecified atom stereocenters. The number of thioether (sulfide) groups is 1. The lowest BCUT2D eigenvalue weighted by Crippen LogP contribution is -2.22. The van der Waals surface area contributed by atoms with Gasteiger partial charge >= 0.3 is 0 Å². The monoisotopic (exact) mass is 217 g/mol. The normalized spacial score (nSPS) is 27.0. The van der Waals surface area contributed by atoms with Crippen molar-refractivity contribution in [2.45, 2.75) is 26.2 Å². The highest BCUT2D eigenvalue weighted by atomic mass is 32.2. The number of ether oxygens (including phenoxy) is 1. The van der Waals surface area contributed by atoms with E-state index in [0.717, 1.165) is 37.3 Å². The van der Waals surface area contributed by atoms with E-state index in [-0.39, 0.29) is 0 Å². The minimum atomic E-state index is 0.730. The predicted octanol–water partition coefficient (Wildman–Crippen LogP) is 2.13. The Morgan fingerprint density at radius 2 is 2.14 bits per heavy atom. The van der Waals surface area contributed by atoms with Crippen LogP contribution in [0.3, 0.4) is 0 Å². The Hall–Kier alpha value is 0.270. The van der Waals surface area contributed by atoms with E-state index in [2.05, 4.69) is 6.92 Å². The highest BCUT2D eigenvalue weighted by Crippen LogP contribution is 2.30. The zero-order valence-corrected chi connectivity index (χ0v) is 10.0. The molecule has 0 amide bonds. The van der Waals surface area contributed by atoms with E-state index in [0.29, 0.717) is 0 Å². The third-order valence-electron chi connectivity index (χ3n) is 3.03. The lowest BCUT2D eigenvalue weighted by molar-refractivity contribution is 0.0987. The van der Waals surface area contributed by atoms with Gasteiger partial charge in [-0.05, 0) is 37.0 Å². The molecule has 1 rings (SSSR count). The second kappa shape index (κ2) is 7.55. The third-order valence-corrected chi connectivity index (χ3v) is 3.89. The molecule has 0 spiro atoms. The van der Waals surface area contributed by atoms with Gasteiger partial charge in [0, 0.05) is 12.4 Å². The van der Waals surface area contributed by atoms with Crippen LogP contribution in [0.2, 0.25) is 0 Å². The molecule has 0 radical (unpaired) electrons. The quantitative estimate of drug-likeness (QED) is 0.664. The Labute approximate surface area is 92.0 Å². The summed E-state index contributed by atoms with van der Waals surface area (Å²) in [5, 5.41) is 0. The molecule has 2 N–H and O–H groups in total. The van der Waals surface area contributed by atoms with Crippen LogP contribution >= 0.6 is 11.8 Å². The van der Waals surface area contributed by atoms with Crippen LogP contribution in [-0.2, 0) is 4.74 Å². The van der Waals surface area contributed by atoms with Gasteiger partial charge < -0.3 is 10.5 Å². The van der Waals surface area contributed by atoms with Gasteiger partial charge in [0.05, 0.1) is 6.61 Å². The molecule has 2 atom stereocenters. The van der Waals surface area contributed by atoms with Crippen molar-refractivity contribution in [2.75, 3.05) is 31.3 Å². The van der Waals surface area contributed by atoms with Gasteiger partial charge in [0.15, 0.2) is 0 Å². The first kappa shape index (κ1) is 12.3. The topological polar surface area (TPSA) is 35.2 Å². The molecule has 2 nitrogen and oxygen atoms in total. The van der Waals surface area contributed by atoms with Crippen molar-refractivity contribution < 1.29 is 4.74 Å². The summed E-state index contributed by atoms with van der Waals surface area (Å²) in [7, 11) is 0. The molecular formula is C11H23NOS. The summed E-state index contributed by atoms with van der Waals surface area (Å²) in [6, 6.07) is 0. The van der Waals surface area contributed by atoms with Crippen molar-refractivity contribution in [3.8, 4) is 0 Å². The fraction of sp³-hybridized carbons (Fsp3) is 1.00. The van der Waals surface area contributed by atoms with Crippen LogP contribution in [0.1, 0.15) is 26.2 Å². The first-order valence-corrected chi connectivity index (χ1v) is 6.89. The summed E-state index contributed by atoms with van der Waals surface area (Å²) >= 11 is 1.95. The van der Waals surface area contributed by atoms with E-state index in [1.54, 1.807) is 0 Å². The lowest BCUT2D eigenvalue weighted by Gasteiger charge is -2.17. The Morgan fingerprint density at radius 1 is 1.36 bits per heavy atom. The molecule has 84 valence electrons. The first-order valence-electron chi connectivity index (χ1n) is 5.74. The minimum absolute atomic E-state index is 0.730. The second-order valence-electron chi connectivity index (χ2n) is 3.96. The molecule has 1 saturated carbocycles. The largest absolute Gasteiger partial charge is 0.380 e. The smallest absolute Gasteiger partial charge is 0.0556 e. The Bertz CT molecular complexity index is 143. The fourth-order valence-electron chi connectivity index (χ4n) is 2.14. The molecule has 0 heterocycles. The van der Waals surface area contributed by atoms with Crippen LogP contribution in [-0.4, -0.2) is 31.3 Å². The van der Waals surface area contributed by atoms with E-state index < -0.39 is 0 Å². The van der Waals surface area contributed by atoms with Crippen LogP contribution in [0.25, 0.3) is 0 Å². The van der Waals surface area contributed by atoms with Gasteiger partial charge in [-0.1, -0.05) is 13.3 Å². The first-order chi connectivity index (χ1) is 6.88. The van der Waals surface area contributed by atoms with Crippen LogP contribution in [0.5, 0.6) is 0 Å². The van der Waals surface area contributed by atoms with Crippen LogP contribution in [0.15, 0.2) is 0 Å². The molecule has 0 aromatic rings. The summed E-state index contributed by atoms with van der Waals surface area (Å²) in [4.78, 5) is 0. The van der Waals surface area contributed by atoms with Crippen molar-refractivity contribution in [2.24, 2.45) is 17.6 Å². The van der Waals surface area contributed by atoms with E-state index >= 15 is 0 Å². The zero-order chi connectivity index (χ0) is 10.2. The molecule has 0 saturated heterocycles. The fourth-order valence-corrected chi connectivity index (χ4v) is 2.66. The average Bonchev–Trinajstić information content (AvgIpc) is 2.65. The van der Waals surface area contributed by atoms with Gasteiger partial charge in [0.2, 0.25) is 0 Å². The average molecular weight is 217 g/mol. The molecule has 3 heteroatoms. The number of hydrogen-bond donors (Lipinski definition) is 1. The Morgan fingerprint density at radius 3 is 2.86 bits per heavy atom. The van der Waals surface area contributed by atoms with Crippen LogP contribution in [0, 0.1) is 11.8 Å². The standard InChI is InChI=1S/C11H23NOS/c1-2-14-7-6-13-9-11-5-3-4-10(11)8-12/h10-11H,2-9,12H2,1H3. The highest BCUT2D eigenvalue weighted by Gasteiger charge is 2.25. The van der Waals surface area contributed by atoms with Gasteiger partial charge in [0.25, 0.3) is 0 Å². The maximum atomic E-state index is 5.72. The Balaban J connectivity index is 2.00. The molecule has 0 aromatic carbocycles. The summed E-state index contributed by atoms with van der Waals surface area (Å²) < 4.78 is 5.68. The number of nitrogens with two attached hydrogens (primary N) is 1. The molecule has 1 aliphatic carbocycles. The Kier molecular flexibility index (Phi) is 6.65. The molecular weight excluding hydrogens is 194 g/mol. The van der Waals surface area contributed by atoms with Crippen LogP contribution < -0.4 is 5.73 Å². The summed E-state index contributed by atoms with van der Waals surface area (Å²) in [6.45, 7) is 4.88. The number of rotatable bonds is 7. The van der Waals surface area contributed by atoms with E-state index in [9.17, 15) is 0 Å². The van der Waals surface area contributed by atoms with Crippen molar-refractivity contribution in [3.05, 3.63) is 0 Å². The van der Waals surface area contributed by atoms with Crippen LogP contribution in [0.4, 0.5) is 0 Å². The van der Waals surface area contributed by atoms with Gasteiger partial charge in [0.1, 0.15) is 0 Å². The SMILES string of the molecule is CCSCCOCC1CCCC1CN. The summed E-state index contributed by atoms with van der Waals surface area (Å²) in [6.07, 6.45) is 3.98. The molecule has 0 aliphatic heterocycles. The maximum absolute atomic E-state index is 5.72. The van der Waals surface area contributed by atoms with Gasteiger partial charge in [-0.15, -0.1) is 0 Å². The van der Waals surface area contributed by atoms with Crippen molar-refractivity contribution >= 4 is 11.8 Å². The van der Waals surface area contributed by atoms with Crippen molar-refractivity contribution in [3.63, 3.8) is 0 Å². The second-order valence-corrected chi connectivity index (χ2v) is 5.35. The van der Waals surface area contributed by atoms with Gasteiger partial charge in [-0.3, -0.25) is 0 Å². The van der Waals surface area contributed by atoms with Gasteiger partial charge in [-0.25, -0.2) is 0 Å². The molecule has 0 bridgehead atoms. The highest BCUT2D eigenvalue weighted by molar-refractivity contribution is 7.99. The minimum Gasteiger partial charge on any atom is -0.380 e. The predicted molar refractivity (Wildman–Crippen MR) is 63.7 cm³/mol. The molecule has 0 aromatic heterocycles. The van der Waals surface area contributed by atoms with E-state index in [1.165, 1.54) is 25.0 Å². The molecule has 14 heavy (non-hydrogen) atoms. The van der Waals surface area contributed by atoms with Crippen molar-refractivity contribution in [1.82, 2.24) is 0 Å². The van der Waals surface area contributed by atoms with E-state index in [1.807, 2.05) is 11.8 Å². The third kappa shape index (κ3) is 4.20. The van der Waals surface area contributed by atoms with Gasteiger partial charge in [-0.2, -0.15) is 11.8 Å². The molecule has 1 fully saturated rings. The maximum Gasteiger partial charge on any atom is 0.0556 e. The molecule has 1 aliphatic rings. The zero-order valence-electron chi connectivity index (χ0n) is 9.21. The summed E-state index contributed by atoms with van der Waals surface area (Å²) in [5.41, 5.74) is 5.72. The lowest BCUT2D eigenvalue weighted by atomic mass is 9.97. The van der Waals surface area contributed by atoms with E-state index in [4.69, 9.17) is 10.5 Å². The summed E-state index contributed by atoms with van der Waals surface area (Å²) in [5.74, 6) is 3.80. The number of hydrogen-bond acceptors (Lipinski definition) is 3. The van der Waals surface area contributed by atoms with Crippen molar-refractivity contribution in [1.29, 1.82) is 0 Å².